The van der Waals surface area contributed by atoms with Gasteiger partial charge in [0.25, 0.3) is 0 Å². The maximum absolute atomic E-state index is 10.8. The van der Waals surface area contributed by atoms with E-state index in [1.54, 1.807) is 0 Å². The third-order valence-corrected chi connectivity index (χ3v) is 2.65. The van der Waals surface area contributed by atoms with Gasteiger partial charge in [0, 0.05) is 13.0 Å². The number of unbranched alkanes of at least 4 members (excludes halogenated alkanes) is 1. The summed E-state index contributed by atoms with van der Waals surface area (Å²) in [5, 5.41) is 8.87. The van der Waals surface area contributed by atoms with Gasteiger partial charge in [-0.1, -0.05) is 0 Å². The van der Waals surface area contributed by atoms with Crippen molar-refractivity contribution in [2.45, 2.75) is 25.7 Å². The Hall–Kier alpha value is -1.01. The van der Waals surface area contributed by atoms with Gasteiger partial charge in [0.05, 0.1) is 5.92 Å². The number of rotatable bonds is 4. The van der Waals surface area contributed by atoms with Crippen molar-refractivity contribution in [1.82, 2.24) is 4.90 Å². The van der Waals surface area contributed by atoms with Gasteiger partial charge in [-0.15, -0.1) is 12.3 Å². The molecule has 78 valence electrons. The molecule has 1 fully saturated rings. The van der Waals surface area contributed by atoms with Gasteiger partial charge in [-0.2, -0.15) is 0 Å². The highest BCUT2D eigenvalue weighted by atomic mass is 16.4. The van der Waals surface area contributed by atoms with Crippen LogP contribution in [-0.2, 0) is 4.79 Å². The van der Waals surface area contributed by atoms with Crippen molar-refractivity contribution in [2.75, 3.05) is 19.6 Å². The standard InChI is InChI=1S/C11H17NO2/c1-2-3-4-7-12-8-5-6-10(9-12)11(13)14/h1,10H,3-9H2,(H,13,14). The van der Waals surface area contributed by atoms with E-state index in [1.165, 1.54) is 0 Å². The lowest BCUT2D eigenvalue weighted by Crippen LogP contribution is -2.39. The van der Waals surface area contributed by atoms with E-state index in [1.807, 2.05) is 0 Å². The third-order valence-electron chi connectivity index (χ3n) is 2.65. The molecule has 1 saturated heterocycles. The first-order valence-corrected chi connectivity index (χ1v) is 5.12. The number of carboxylic acid groups (broad SMARTS) is 1. The molecule has 1 aliphatic rings. The Balaban J connectivity index is 2.26. The van der Waals surface area contributed by atoms with Crippen LogP contribution in [0.5, 0.6) is 0 Å². The average Bonchev–Trinajstić information content (AvgIpc) is 2.19. The highest BCUT2D eigenvalue weighted by Crippen LogP contribution is 2.16. The number of carbonyl (C=O) groups is 1. The van der Waals surface area contributed by atoms with Crippen LogP contribution >= 0.6 is 0 Å². The minimum atomic E-state index is -0.661. The SMILES string of the molecule is C#CCCCN1CCCC(C(=O)O)C1. The van der Waals surface area contributed by atoms with Crippen LogP contribution in [-0.4, -0.2) is 35.6 Å². The summed E-state index contributed by atoms with van der Waals surface area (Å²) < 4.78 is 0. The first-order valence-electron chi connectivity index (χ1n) is 5.12. The maximum Gasteiger partial charge on any atom is 0.307 e. The summed E-state index contributed by atoms with van der Waals surface area (Å²) in [5.74, 6) is 1.77. The smallest absolute Gasteiger partial charge is 0.307 e. The van der Waals surface area contributed by atoms with E-state index < -0.39 is 5.97 Å². The molecule has 0 saturated carbocycles. The van der Waals surface area contributed by atoms with Gasteiger partial charge in [-0.3, -0.25) is 4.79 Å². The van der Waals surface area contributed by atoms with Gasteiger partial charge in [0.1, 0.15) is 0 Å². The van der Waals surface area contributed by atoms with E-state index in [9.17, 15) is 4.79 Å². The lowest BCUT2D eigenvalue weighted by Gasteiger charge is -2.30. The van der Waals surface area contributed by atoms with E-state index in [0.29, 0.717) is 6.54 Å². The van der Waals surface area contributed by atoms with Crippen molar-refractivity contribution < 1.29 is 9.90 Å². The third kappa shape index (κ3) is 3.39. The second-order valence-corrected chi connectivity index (χ2v) is 3.79. The highest BCUT2D eigenvalue weighted by Gasteiger charge is 2.24. The summed E-state index contributed by atoms with van der Waals surface area (Å²) in [5.41, 5.74) is 0. The second-order valence-electron chi connectivity index (χ2n) is 3.79. The van der Waals surface area contributed by atoms with E-state index in [-0.39, 0.29) is 5.92 Å². The van der Waals surface area contributed by atoms with Crippen LogP contribution < -0.4 is 0 Å². The van der Waals surface area contributed by atoms with Gasteiger partial charge in [0.15, 0.2) is 0 Å². The van der Waals surface area contributed by atoms with Gasteiger partial charge < -0.3 is 10.0 Å². The molecular formula is C11H17NO2. The summed E-state index contributed by atoms with van der Waals surface area (Å²) in [4.78, 5) is 13.0. The molecule has 0 aromatic carbocycles. The molecule has 1 atom stereocenters. The Morgan fingerprint density at radius 1 is 1.64 bits per heavy atom. The number of aliphatic carboxylic acids is 1. The van der Waals surface area contributed by atoms with Crippen molar-refractivity contribution in [1.29, 1.82) is 0 Å². The Morgan fingerprint density at radius 2 is 2.43 bits per heavy atom. The fraction of sp³-hybridized carbons (Fsp3) is 0.727. The molecule has 14 heavy (non-hydrogen) atoms. The van der Waals surface area contributed by atoms with Crippen LogP contribution in [0.2, 0.25) is 0 Å². The van der Waals surface area contributed by atoms with Crippen LogP contribution in [0.25, 0.3) is 0 Å². The molecule has 1 heterocycles. The molecule has 1 aliphatic heterocycles. The Bertz CT molecular complexity index is 232. The predicted octanol–water partition coefficient (Wildman–Crippen LogP) is 1.20. The Labute approximate surface area is 85.1 Å². The lowest BCUT2D eigenvalue weighted by atomic mass is 9.98. The fourth-order valence-corrected chi connectivity index (χ4v) is 1.86. The molecule has 1 N–H and O–H groups in total. The van der Waals surface area contributed by atoms with Gasteiger partial charge in [0.2, 0.25) is 0 Å². The Morgan fingerprint density at radius 3 is 3.07 bits per heavy atom. The van der Waals surface area contributed by atoms with E-state index in [2.05, 4.69) is 10.8 Å². The highest BCUT2D eigenvalue weighted by molar-refractivity contribution is 5.70. The minimum absolute atomic E-state index is 0.172. The summed E-state index contributed by atoms with van der Waals surface area (Å²) in [6.07, 6.45) is 8.73. The predicted molar refractivity (Wildman–Crippen MR) is 54.9 cm³/mol. The average molecular weight is 195 g/mol. The van der Waals surface area contributed by atoms with Crippen molar-refractivity contribution in [3.8, 4) is 12.3 Å². The molecule has 1 rings (SSSR count). The van der Waals surface area contributed by atoms with Crippen molar-refractivity contribution in [3.63, 3.8) is 0 Å². The molecule has 1 unspecified atom stereocenters. The fourth-order valence-electron chi connectivity index (χ4n) is 1.86. The normalized spacial score (nSPS) is 22.9. The number of likely N-dealkylation sites (tertiary alicyclic amines) is 1. The molecule has 0 radical (unpaired) electrons. The zero-order valence-electron chi connectivity index (χ0n) is 8.41. The molecular weight excluding hydrogens is 178 g/mol. The quantitative estimate of drug-likeness (QED) is 0.541. The monoisotopic (exact) mass is 195 g/mol. The molecule has 0 aliphatic carbocycles. The zero-order valence-corrected chi connectivity index (χ0v) is 8.41. The lowest BCUT2D eigenvalue weighted by molar-refractivity contribution is -0.143. The topological polar surface area (TPSA) is 40.5 Å². The summed E-state index contributed by atoms with van der Waals surface area (Å²) in [6, 6.07) is 0. The zero-order chi connectivity index (χ0) is 10.4. The van der Waals surface area contributed by atoms with E-state index >= 15 is 0 Å². The summed E-state index contributed by atoms with van der Waals surface area (Å²) in [7, 11) is 0. The maximum atomic E-state index is 10.8. The number of nitrogens with zero attached hydrogens (tertiary/aromatic N) is 1. The first kappa shape index (κ1) is 11.1. The molecule has 0 bridgehead atoms. The van der Waals surface area contributed by atoms with Crippen LogP contribution in [0.15, 0.2) is 0 Å². The molecule has 0 amide bonds. The number of piperidine rings is 1. The van der Waals surface area contributed by atoms with Gasteiger partial charge >= 0.3 is 5.97 Å². The molecule has 0 spiro atoms. The summed E-state index contributed by atoms with van der Waals surface area (Å²) >= 11 is 0. The van der Waals surface area contributed by atoms with E-state index in [0.717, 1.165) is 38.8 Å². The van der Waals surface area contributed by atoms with E-state index in [4.69, 9.17) is 11.5 Å². The number of carboxylic acids is 1. The van der Waals surface area contributed by atoms with Crippen molar-refractivity contribution in [2.24, 2.45) is 5.92 Å². The van der Waals surface area contributed by atoms with Crippen LogP contribution in [0.4, 0.5) is 0 Å². The van der Waals surface area contributed by atoms with Crippen LogP contribution in [0.1, 0.15) is 25.7 Å². The second kappa shape index (κ2) is 5.66. The van der Waals surface area contributed by atoms with Crippen molar-refractivity contribution >= 4 is 5.97 Å². The minimum Gasteiger partial charge on any atom is -0.481 e. The molecule has 3 heteroatoms. The Kier molecular flexibility index (Phi) is 4.48. The molecule has 0 aromatic rings. The van der Waals surface area contributed by atoms with Crippen LogP contribution in [0, 0.1) is 18.3 Å². The number of hydrogen-bond acceptors (Lipinski definition) is 2. The number of terminal acetylenes is 1. The first-order chi connectivity index (χ1) is 6.74. The largest absolute Gasteiger partial charge is 0.481 e. The van der Waals surface area contributed by atoms with Crippen molar-refractivity contribution in [3.05, 3.63) is 0 Å². The van der Waals surface area contributed by atoms with Gasteiger partial charge in [-0.25, -0.2) is 0 Å². The molecule has 0 aromatic heterocycles. The number of hydrogen-bond donors (Lipinski definition) is 1. The molecule has 3 nitrogen and oxygen atoms in total. The van der Waals surface area contributed by atoms with Gasteiger partial charge in [-0.05, 0) is 32.4 Å². The summed E-state index contributed by atoms with van der Waals surface area (Å²) in [6.45, 7) is 2.65. The van der Waals surface area contributed by atoms with Crippen LogP contribution in [0.3, 0.4) is 0 Å².